The molecule has 0 aliphatic rings. The number of thiophene rings is 1. The van der Waals surface area contributed by atoms with E-state index in [1.807, 2.05) is 72.3 Å². The van der Waals surface area contributed by atoms with Gasteiger partial charge in [-0.25, -0.2) is 9.48 Å². The zero-order valence-electron chi connectivity index (χ0n) is 16.8. The molecular weight excluding hydrogens is 400 g/mol. The van der Waals surface area contributed by atoms with E-state index in [2.05, 4.69) is 5.10 Å². The highest BCUT2D eigenvalue weighted by atomic mass is 32.1. The first-order valence-electron chi connectivity index (χ1n) is 9.64. The van der Waals surface area contributed by atoms with Crippen molar-refractivity contribution in [2.75, 3.05) is 20.3 Å². The molecule has 0 unspecified atom stereocenters. The minimum absolute atomic E-state index is 0.299. The van der Waals surface area contributed by atoms with Crippen molar-refractivity contribution in [3.8, 4) is 17.2 Å². The Bertz CT molecular complexity index is 1130. The maximum absolute atomic E-state index is 12.5. The Kier molecular flexibility index (Phi) is 5.99. The number of carbonyl (C=O) groups excluding carboxylic acids is 1. The van der Waals surface area contributed by atoms with Gasteiger partial charge in [0.15, 0.2) is 0 Å². The summed E-state index contributed by atoms with van der Waals surface area (Å²) in [6, 6.07) is 19.1. The van der Waals surface area contributed by atoms with E-state index in [9.17, 15) is 4.79 Å². The van der Waals surface area contributed by atoms with Crippen LogP contribution in [0.25, 0.3) is 15.9 Å². The molecule has 2 heterocycles. The number of hydrogen-bond donors (Lipinski definition) is 0. The highest BCUT2D eigenvalue weighted by Crippen LogP contribution is 2.30. The van der Waals surface area contributed by atoms with Crippen LogP contribution >= 0.6 is 11.3 Å². The number of rotatable bonds is 8. The summed E-state index contributed by atoms with van der Waals surface area (Å²) in [5, 5.41) is 5.57. The van der Waals surface area contributed by atoms with Gasteiger partial charge >= 0.3 is 5.97 Å². The zero-order chi connectivity index (χ0) is 20.9. The summed E-state index contributed by atoms with van der Waals surface area (Å²) in [5.41, 5.74) is 1.85. The van der Waals surface area contributed by atoms with Crippen molar-refractivity contribution in [2.45, 2.75) is 13.3 Å². The topological polar surface area (TPSA) is 62.6 Å². The van der Waals surface area contributed by atoms with E-state index in [0.29, 0.717) is 24.5 Å². The van der Waals surface area contributed by atoms with Crippen molar-refractivity contribution in [3.63, 3.8) is 0 Å². The van der Waals surface area contributed by atoms with E-state index in [1.54, 1.807) is 7.11 Å². The molecule has 4 aromatic rings. The summed E-state index contributed by atoms with van der Waals surface area (Å²) in [6.07, 6.45) is 0.611. The molecule has 0 bridgehead atoms. The van der Waals surface area contributed by atoms with Crippen molar-refractivity contribution in [3.05, 3.63) is 71.2 Å². The number of para-hydroxylation sites is 1. The smallest absolute Gasteiger partial charge is 0.348 e. The lowest BCUT2D eigenvalue weighted by atomic mass is 10.3. The summed E-state index contributed by atoms with van der Waals surface area (Å²) in [4.78, 5) is 14.0. The predicted molar refractivity (Wildman–Crippen MR) is 117 cm³/mol. The summed E-state index contributed by atoms with van der Waals surface area (Å²) < 4.78 is 18.1. The Morgan fingerprint density at radius 3 is 2.50 bits per heavy atom. The molecule has 154 valence electrons. The van der Waals surface area contributed by atoms with Gasteiger partial charge in [0.2, 0.25) is 0 Å². The van der Waals surface area contributed by atoms with Gasteiger partial charge in [-0.1, -0.05) is 18.2 Å². The number of aryl methyl sites for hydroxylation is 1. The zero-order valence-corrected chi connectivity index (χ0v) is 17.6. The van der Waals surface area contributed by atoms with Gasteiger partial charge in [0, 0.05) is 11.8 Å². The SMILES string of the molecule is COc1ccc(OCCCOC(=O)c2cc3c(C)nn(-c4ccccc4)c3s2)cc1. The van der Waals surface area contributed by atoms with Crippen LogP contribution in [0.15, 0.2) is 60.7 Å². The van der Waals surface area contributed by atoms with Crippen molar-refractivity contribution in [1.82, 2.24) is 9.78 Å². The average molecular weight is 423 g/mol. The molecule has 0 amide bonds. The molecule has 6 nitrogen and oxygen atoms in total. The molecule has 0 fully saturated rings. The van der Waals surface area contributed by atoms with E-state index in [1.165, 1.54) is 11.3 Å². The van der Waals surface area contributed by atoms with E-state index in [0.717, 1.165) is 33.1 Å². The van der Waals surface area contributed by atoms with E-state index in [4.69, 9.17) is 14.2 Å². The van der Waals surface area contributed by atoms with Crippen LogP contribution in [-0.4, -0.2) is 36.1 Å². The highest BCUT2D eigenvalue weighted by Gasteiger charge is 2.18. The molecule has 0 spiro atoms. The van der Waals surface area contributed by atoms with E-state index >= 15 is 0 Å². The number of hydrogen-bond acceptors (Lipinski definition) is 6. The molecule has 0 saturated heterocycles. The minimum Gasteiger partial charge on any atom is -0.497 e. The Hall–Kier alpha value is -3.32. The third-order valence-corrected chi connectivity index (χ3v) is 5.69. The highest BCUT2D eigenvalue weighted by molar-refractivity contribution is 7.20. The lowest BCUT2D eigenvalue weighted by molar-refractivity contribution is 0.0492. The van der Waals surface area contributed by atoms with Gasteiger partial charge < -0.3 is 14.2 Å². The standard InChI is InChI=1S/C23H22N2O4S/c1-16-20-15-21(30-22(20)25(24-16)17-7-4-3-5-8-17)23(26)29-14-6-13-28-19-11-9-18(27-2)10-12-19/h3-5,7-12,15H,6,13-14H2,1-2H3. The maximum atomic E-state index is 12.5. The van der Waals surface area contributed by atoms with Crippen LogP contribution in [0.1, 0.15) is 21.8 Å². The maximum Gasteiger partial charge on any atom is 0.348 e. The van der Waals surface area contributed by atoms with E-state index < -0.39 is 0 Å². The molecular formula is C23H22N2O4S. The second-order valence-electron chi connectivity index (χ2n) is 6.68. The lowest BCUT2D eigenvalue weighted by Crippen LogP contribution is -2.08. The summed E-state index contributed by atoms with van der Waals surface area (Å²) in [6.45, 7) is 2.71. The molecule has 0 N–H and O–H groups in total. The van der Waals surface area contributed by atoms with Crippen molar-refractivity contribution < 1.29 is 19.0 Å². The minimum atomic E-state index is -0.320. The molecule has 0 aliphatic heterocycles. The summed E-state index contributed by atoms with van der Waals surface area (Å²) in [7, 11) is 1.62. The first kappa shape index (κ1) is 20.0. The average Bonchev–Trinajstić information content (AvgIpc) is 3.35. The fourth-order valence-corrected chi connectivity index (χ4v) is 4.13. The molecule has 0 saturated carbocycles. The Balaban J connectivity index is 1.33. The molecule has 7 heteroatoms. The third kappa shape index (κ3) is 4.31. The van der Waals surface area contributed by atoms with Crippen LogP contribution in [0.4, 0.5) is 0 Å². The largest absolute Gasteiger partial charge is 0.497 e. The van der Waals surface area contributed by atoms with Crippen LogP contribution < -0.4 is 9.47 Å². The van der Waals surface area contributed by atoms with Gasteiger partial charge in [-0.05, 0) is 49.4 Å². The second kappa shape index (κ2) is 9.00. The molecule has 0 radical (unpaired) electrons. The molecule has 2 aromatic carbocycles. The Morgan fingerprint density at radius 1 is 1.03 bits per heavy atom. The Morgan fingerprint density at radius 2 is 1.77 bits per heavy atom. The van der Waals surface area contributed by atoms with E-state index in [-0.39, 0.29) is 5.97 Å². The number of nitrogens with zero attached hydrogens (tertiary/aromatic N) is 2. The fraction of sp³-hybridized carbons (Fsp3) is 0.217. The number of ether oxygens (including phenoxy) is 3. The van der Waals surface area contributed by atoms with Gasteiger partial charge in [-0.2, -0.15) is 5.10 Å². The number of methoxy groups -OCH3 is 1. The van der Waals surface area contributed by atoms with Crippen LogP contribution in [0.5, 0.6) is 11.5 Å². The van der Waals surface area contributed by atoms with Gasteiger partial charge in [-0.3, -0.25) is 0 Å². The first-order valence-corrected chi connectivity index (χ1v) is 10.5. The number of aromatic nitrogens is 2. The van der Waals surface area contributed by atoms with Crippen LogP contribution in [0, 0.1) is 6.92 Å². The normalized spacial score (nSPS) is 10.9. The number of fused-ring (bicyclic) bond motifs is 1. The number of benzene rings is 2. The van der Waals surface area contributed by atoms with Gasteiger partial charge in [-0.15, -0.1) is 11.3 Å². The van der Waals surface area contributed by atoms with Crippen molar-refractivity contribution in [2.24, 2.45) is 0 Å². The van der Waals surface area contributed by atoms with Crippen LogP contribution in [0.2, 0.25) is 0 Å². The molecule has 4 rings (SSSR count). The quantitative estimate of drug-likeness (QED) is 0.294. The predicted octanol–water partition coefficient (Wildman–Crippen LogP) is 5.03. The fourth-order valence-electron chi connectivity index (χ4n) is 3.05. The van der Waals surface area contributed by atoms with Crippen LogP contribution in [0.3, 0.4) is 0 Å². The Labute approximate surface area is 178 Å². The summed E-state index contributed by atoms with van der Waals surface area (Å²) in [5.74, 6) is 1.22. The molecule has 0 atom stereocenters. The number of carbonyl (C=O) groups is 1. The van der Waals surface area contributed by atoms with Crippen molar-refractivity contribution >= 4 is 27.5 Å². The second-order valence-corrected chi connectivity index (χ2v) is 7.71. The first-order chi connectivity index (χ1) is 14.7. The van der Waals surface area contributed by atoms with Crippen molar-refractivity contribution in [1.29, 1.82) is 0 Å². The van der Waals surface area contributed by atoms with Crippen LogP contribution in [-0.2, 0) is 4.74 Å². The van der Waals surface area contributed by atoms with Gasteiger partial charge in [0.25, 0.3) is 0 Å². The molecule has 0 aliphatic carbocycles. The monoisotopic (exact) mass is 422 g/mol. The molecule has 30 heavy (non-hydrogen) atoms. The number of esters is 1. The molecule has 2 aromatic heterocycles. The van der Waals surface area contributed by atoms with Gasteiger partial charge in [0.1, 0.15) is 21.2 Å². The summed E-state index contributed by atoms with van der Waals surface area (Å²) >= 11 is 1.39. The lowest BCUT2D eigenvalue weighted by Gasteiger charge is -2.07. The third-order valence-electron chi connectivity index (χ3n) is 4.60. The van der Waals surface area contributed by atoms with Gasteiger partial charge in [0.05, 0.1) is 31.7 Å².